The number of aromatic nitrogens is 2. The summed E-state index contributed by atoms with van der Waals surface area (Å²) in [6, 6.07) is 1.02. The van der Waals surface area contributed by atoms with Gasteiger partial charge in [-0.25, -0.2) is 9.18 Å². The molecule has 1 aliphatic heterocycles. The van der Waals surface area contributed by atoms with E-state index >= 15 is 0 Å². The Morgan fingerprint density at radius 2 is 2.35 bits per heavy atom. The topological polar surface area (TPSA) is 105 Å². The van der Waals surface area contributed by atoms with Crippen molar-refractivity contribution >= 4 is 0 Å². The average Bonchev–Trinajstić information content (AvgIpc) is 2.65. The van der Waals surface area contributed by atoms with Crippen LogP contribution in [-0.2, 0) is 4.74 Å². The summed E-state index contributed by atoms with van der Waals surface area (Å²) < 4.78 is 20.2. The Morgan fingerprint density at radius 3 is 2.90 bits per heavy atom. The molecule has 2 heterocycles. The van der Waals surface area contributed by atoms with Crippen molar-refractivity contribution in [3.8, 4) is 0 Å². The smallest absolute Gasteiger partial charge is 0.330 e. The van der Waals surface area contributed by atoms with Crippen LogP contribution >= 0.6 is 0 Å². The molecule has 0 bridgehead atoms. The highest BCUT2D eigenvalue weighted by Gasteiger charge is 2.54. The van der Waals surface area contributed by atoms with Crippen molar-refractivity contribution in [2.75, 3.05) is 6.61 Å². The molecular formula is C12H13FN2O5. The van der Waals surface area contributed by atoms with Crippen molar-refractivity contribution in [2.45, 2.75) is 24.1 Å². The third-order valence-corrected chi connectivity index (χ3v) is 3.13. The summed E-state index contributed by atoms with van der Waals surface area (Å²) in [6.45, 7) is 2.57. The van der Waals surface area contributed by atoms with Crippen molar-refractivity contribution in [2.24, 2.45) is 0 Å². The third-order valence-electron chi connectivity index (χ3n) is 3.13. The summed E-state index contributed by atoms with van der Waals surface area (Å²) in [4.78, 5) is 24.5. The van der Waals surface area contributed by atoms with Crippen molar-refractivity contribution in [1.82, 2.24) is 9.55 Å². The first-order valence-electron chi connectivity index (χ1n) is 5.74. The van der Waals surface area contributed by atoms with Crippen LogP contribution in [-0.4, -0.2) is 44.2 Å². The third kappa shape index (κ3) is 2.14. The first-order valence-corrected chi connectivity index (χ1v) is 5.74. The number of nitrogens with one attached hydrogen (secondary N) is 1. The lowest BCUT2D eigenvalue weighted by Gasteiger charge is -2.25. The SMILES string of the molecule is C=C=C[C@]1(CO)O[C@@H](n2ccc(=O)[nH]c2=O)[C@@H](F)[C@@H]1O. The highest BCUT2D eigenvalue weighted by molar-refractivity contribution is 5.12. The summed E-state index contributed by atoms with van der Waals surface area (Å²) in [7, 11) is 0. The zero-order chi connectivity index (χ0) is 14.9. The normalized spacial score (nSPS) is 32.9. The van der Waals surface area contributed by atoms with E-state index in [1.54, 1.807) is 0 Å². The van der Waals surface area contributed by atoms with Crippen LogP contribution in [0.25, 0.3) is 0 Å². The molecule has 1 fully saturated rings. The van der Waals surface area contributed by atoms with Crippen LogP contribution in [0.4, 0.5) is 4.39 Å². The zero-order valence-electron chi connectivity index (χ0n) is 10.3. The van der Waals surface area contributed by atoms with E-state index in [9.17, 15) is 24.2 Å². The molecule has 1 saturated heterocycles. The van der Waals surface area contributed by atoms with E-state index < -0.39 is 42.0 Å². The Bertz CT molecular complexity index is 662. The van der Waals surface area contributed by atoms with Crippen LogP contribution in [0.15, 0.2) is 40.2 Å². The van der Waals surface area contributed by atoms with Gasteiger partial charge in [0.25, 0.3) is 5.56 Å². The van der Waals surface area contributed by atoms with Gasteiger partial charge in [-0.05, 0) is 6.08 Å². The van der Waals surface area contributed by atoms with Crippen LogP contribution in [0.1, 0.15) is 6.23 Å². The maximum atomic E-state index is 14.1. The number of halogens is 1. The summed E-state index contributed by atoms with van der Waals surface area (Å²) in [5.74, 6) is 0. The molecule has 20 heavy (non-hydrogen) atoms. The van der Waals surface area contributed by atoms with Crippen molar-refractivity contribution in [3.05, 3.63) is 51.5 Å². The molecule has 0 aliphatic carbocycles. The van der Waals surface area contributed by atoms with Crippen molar-refractivity contribution in [1.29, 1.82) is 0 Å². The van der Waals surface area contributed by atoms with E-state index in [0.29, 0.717) is 0 Å². The molecule has 8 heteroatoms. The molecule has 3 N–H and O–H groups in total. The lowest BCUT2D eigenvalue weighted by molar-refractivity contribution is -0.0983. The molecule has 1 aromatic rings. The first-order chi connectivity index (χ1) is 9.45. The maximum absolute atomic E-state index is 14.1. The number of ether oxygens (including phenoxy) is 1. The minimum absolute atomic E-state index is 0.639. The molecule has 108 valence electrons. The number of nitrogens with zero attached hydrogens (tertiary/aromatic N) is 1. The number of hydrogen-bond donors (Lipinski definition) is 3. The molecule has 1 aromatic heterocycles. The molecule has 7 nitrogen and oxygen atoms in total. The van der Waals surface area contributed by atoms with Gasteiger partial charge in [0.15, 0.2) is 12.4 Å². The number of hydrogen-bond acceptors (Lipinski definition) is 5. The Balaban J connectivity index is 2.47. The number of alkyl halides is 1. The molecule has 0 radical (unpaired) electrons. The fourth-order valence-electron chi connectivity index (χ4n) is 2.09. The largest absolute Gasteiger partial charge is 0.393 e. The highest BCUT2D eigenvalue weighted by atomic mass is 19.1. The van der Waals surface area contributed by atoms with Crippen LogP contribution < -0.4 is 11.2 Å². The number of aromatic amines is 1. The molecule has 0 aromatic carbocycles. The highest BCUT2D eigenvalue weighted by Crippen LogP contribution is 2.38. The molecule has 1 aliphatic rings. The van der Waals surface area contributed by atoms with Crippen molar-refractivity contribution < 1.29 is 19.3 Å². The number of aliphatic hydroxyl groups is 2. The molecule has 0 saturated carbocycles. The maximum Gasteiger partial charge on any atom is 0.330 e. The lowest BCUT2D eigenvalue weighted by Crippen LogP contribution is -2.43. The monoisotopic (exact) mass is 284 g/mol. The summed E-state index contributed by atoms with van der Waals surface area (Å²) in [6.07, 6.45) is -3.01. The molecule has 0 spiro atoms. The minimum Gasteiger partial charge on any atom is -0.393 e. The van der Waals surface area contributed by atoms with Gasteiger partial charge in [-0.1, -0.05) is 6.58 Å². The minimum atomic E-state index is -1.98. The second kappa shape index (κ2) is 5.18. The van der Waals surface area contributed by atoms with E-state index in [-0.39, 0.29) is 0 Å². The Kier molecular flexibility index (Phi) is 3.74. The number of rotatable bonds is 3. The first kappa shape index (κ1) is 14.4. The summed E-state index contributed by atoms with van der Waals surface area (Å²) in [5.41, 5.74) is -0.939. The lowest BCUT2D eigenvalue weighted by atomic mass is 9.97. The van der Waals surface area contributed by atoms with E-state index in [2.05, 4.69) is 12.3 Å². The molecular weight excluding hydrogens is 271 g/mol. The Labute approximate surface area is 112 Å². The predicted molar refractivity (Wildman–Crippen MR) is 65.9 cm³/mol. The second-order valence-corrected chi connectivity index (χ2v) is 4.38. The quantitative estimate of drug-likeness (QED) is 0.607. The fraction of sp³-hybridized carbons (Fsp3) is 0.417. The van der Waals surface area contributed by atoms with Crippen molar-refractivity contribution in [3.63, 3.8) is 0 Å². The fourth-order valence-corrected chi connectivity index (χ4v) is 2.09. The van der Waals surface area contributed by atoms with Crippen LogP contribution in [0.5, 0.6) is 0 Å². The standard InChI is InChI=1S/C12H13FN2O5/c1-2-4-12(6-16)9(18)8(13)10(20-12)15-5-3-7(17)14-11(15)19/h3-5,8-10,16,18H,1,6H2,(H,14,17,19)/t8-,9-,10+,12+/m0/s1. The van der Waals surface area contributed by atoms with Gasteiger partial charge < -0.3 is 14.9 Å². The van der Waals surface area contributed by atoms with Gasteiger partial charge in [-0.15, -0.1) is 5.73 Å². The molecule has 4 atom stereocenters. The van der Waals surface area contributed by atoms with Crippen LogP contribution in [0.3, 0.4) is 0 Å². The summed E-state index contributed by atoms with van der Waals surface area (Å²) >= 11 is 0. The van der Waals surface area contributed by atoms with E-state index in [0.717, 1.165) is 22.9 Å². The van der Waals surface area contributed by atoms with E-state index in [1.165, 1.54) is 0 Å². The average molecular weight is 284 g/mol. The number of aliphatic hydroxyl groups excluding tert-OH is 2. The van der Waals surface area contributed by atoms with Gasteiger partial charge in [0.05, 0.1) is 6.61 Å². The van der Waals surface area contributed by atoms with Gasteiger partial charge in [0, 0.05) is 12.3 Å². The molecule has 0 unspecified atom stereocenters. The van der Waals surface area contributed by atoms with Gasteiger partial charge in [0.1, 0.15) is 11.7 Å². The van der Waals surface area contributed by atoms with Crippen LogP contribution in [0, 0.1) is 0 Å². The van der Waals surface area contributed by atoms with Crippen LogP contribution in [0.2, 0.25) is 0 Å². The van der Waals surface area contributed by atoms with Gasteiger partial charge in [-0.2, -0.15) is 0 Å². The van der Waals surface area contributed by atoms with Gasteiger partial charge in [0.2, 0.25) is 0 Å². The molecule has 0 amide bonds. The van der Waals surface area contributed by atoms with Gasteiger partial charge in [-0.3, -0.25) is 14.3 Å². The number of H-pyrrole nitrogens is 1. The Morgan fingerprint density at radius 1 is 1.65 bits per heavy atom. The van der Waals surface area contributed by atoms with E-state index in [4.69, 9.17) is 4.74 Å². The summed E-state index contributed by atoms with van der Waals surface area (Å²) in [5, 5.41) is 19.2. The second-order valence-electron chi connectivity index (χ2n) is 4.38. The van der Waals surface area contributed by atoms with Gasteiger partial charge >= 0.3 is 5.69 Å². The predicted octanol–water partition coefficient (Wildman–Crippen LogP) is -1.16. The Hall–Kier alpha value is -1.99. The molecule has 2 rings (SSSR count). The van der Waals surface area contributed by atoms with E-state index in [1.807, 2.05) is 4.98 Å². The zero-order valence-corrected chi connectivity index (χ0v) is 10.3.